The molecule has 0 aromatic heterocycles. The maximum absolute atomic E-state index is 11.6. The first-order valence-electron chi connectivity index (χ1n) is 5.69. The molecule has 0 atom stereocenters. The predicted molar refractivity (Wildman–Crippen MR) is 66.2 cm³/mol. The number of benzene rings is 1. The minimum atomic E-state index is -0.194. The van der Waals surface area contributed by atoms with E-state index >= 15 is 0 Å². The van der Waals surface area contributed by atoms with Crippen molar-refractivity contribution in [2.45, 2.75) is 32.2 Å². The largest absolute Gasteiger partial charge is 0.333 e. The lowest BCUT2D eigenvalue weighted by Crippen LogP contribution is -2.37. The van der Waals surface area contributed by atoms with Crippen LogP contribution in [-0.2, 0) is 0 Å². The number of anilines is 1. The Hall–Kier alpha value is -1.84. The van der Waals surface area contributed by atoms with Crippen LogP contribution in [0.4, 0.5) is 10.5 Å². The number of rotatable bonds is 3. The molecular formula is C13H16N2O2. The third kappa shape index (κ3) is 3.06. The SMILES string of the molecule is CC(=O)c1ccc(NC(=O)NC2(C)CC2)cc1. The summed E-state index contributed by atoms with van der Waals surface area (Å²) in [5, 5.41) is 5.64. The Morgan fingerprint density at radius 2 is 1.76 bits per heavy atom. The van der Waals surface area contributed by atoms with E-state index in [1.54, 1.807) is 24.3 Å². The first-order valence-corrected chi connectivity index (χ1v) is 5.69. The number of nitrogens with one attached hydrogen (secondary N) is 2. The molecule has 0 aliphatic heterocycles. The predicted octanol–water partition coefficient (Wildman–Crippen LogP) is 2.56. The molecular weight excluding hydrogens is 216 g/mol. The molecule has 4 nitrogen and oxygen atoms in total. The molecule has 0 spiro atoms. The van der Waals surface area contributed by atoms with E-state index in [2.05, 4.69) is 10.6 Å². The molecule has 2 N–H and O–H groups in total. The Morgan fingerprint density at radius 3 is 2.24 bits per heavy atom. The molecule has 2 rings (SSSR count). The normalized spacial score (nSPS) is 16.1. The first kappa shape index (κ1) is 11.6. The van der Waals surface area contributed by atoms with Crippen LogP contribution in [0.15, 0.2) is 24.3 Å². The molecule has 0 saturated heterocycles. The molecule has 0 unspecified atom stereocenters. The zero-order valence-electron chi connectivity index (χ0n) is 10.0. The van der Waals surface area contributed by atoms with Crippen molar-refractivity contribution in [3.05, 3.63) is 29.8 Å². The van der Waals surface area contributed by atoms with Gasteiger partial charge in [0.2, 0.25) is 0 Å². The van der Waals surface area contributed by atoms with E-state index in [9.17, 15) is 9.59 Å². The summed E-state index contributed by atoms with van der Waals surface area (Å²) in [5.74, 6) is 0.0199. The molecule has 1 aromatic rings. The highest BCUT2D eigenvalue weighted by Crippen LogP contribution is 2.34. The molecule has 1 aliphatic carbocycles. The molecule has 17 heavy (non-hydrogen) atoms. The second kappa shape index (κ2) is 4.20. The van der Waals surface area contributed by atoms with Gasteiger partial charge in [-0.1, -0.05) is 0 Å². The fraction of sp³-hybridized carbons (Fsp3) is 0.385. The highest BCUT2D eigenvalue weighted by molar-refractivity contribution is 5.95. The first-order chi connectivity index (χ1) is 7.98. The van der Waals surface area contributed by atoms with Crippen molar-refractivity contribution in [2.75, 3.05) is 5.32 Å². The van der Waals surface area contributed by atoms with Gasteiger partial charge in [-0.05, 0) is 51.0 Å². The molecule has 1 aliphatic rings. The van der Waals surface area contributed by atoms with E-state index in [1.165, 1.54) is 6.92 Å². The van der Waals surface area contributed by atoms with Crippen molar-refractivity contribution in [2.24, 2.45) is 0 Å². The summed E-state index contributed by atoms with van der Waals surface area (Å²) in [6.07, 6.45) is 2.06. The van der Waals surface area contributed by atoms with Crippen molar-refractivity contribution >= 4 is 17.5 Å². The highest BCUT2D eigenvalue weighted by Gasteiger charge is 2.38. The van der Waals surface area contributed by atoms with Gasteiger partial charge in [0.25, 0.3) is 0 Å². The van der Waals surface area contributed by atoms with Crippen LogP contribution in [0.2, 0.25) is 0 Å². The Balaban J connectivity index is 1.94. The van der Waals surface area contributed by atoms with Crippen LogP contribution in [0.25, 0.3) is 0 Å². The molecule has 0 heterocycles. The lowest BCUT2D eigenvalue weighted by atomic mass is 10.1. The van der Waals surface area contributed by atoms with Crippen LogP contribution in [0, 0.1) is 0 Å². The van der Waals surface area contributed by atoms with Gasteiger partial charge in [0.15, 0.2) is 5.78 Å². The lowest BCUT2D eigenvalue weighted by Gasteiger charge is -2.12. The molecule has 0 radical (unpaired) electrons. The van der Waals surface area contributed by atoms with E-state index in [4.69, 9.17) is 0 Å². The second-order valence-corrected chi connectivity index (χ2v) is 4.77. The monoisotopic (exact) mass is 232 g/mol. The van der Waals surface area contributed by atoms with Crippen LogP contribution < -0.4 is 10.6 Å². The Morgan fingerprint density at radius 1 is 1.18 bits per heavy atom. The summed E-state index contributed by atoms with van der Waals surface area (Å²) in [6, 6.07) is 6.67. The van der Waals surface area contributed by atoms with Gasteiger partial charge in [-0.25, -0.2) is 4.79 Å². The molecule has 1 saturated carbocycles. The lowest BCUT2D eigenvalue weighted by molar-refractivity contribution is 0.101. The minimum absolute atomic E-state index is 0.0199. The summed E-state index contributed by atoms with van der Waals surface area (Å²) < 4.78 is 0. The standard InChI is InChI=1S/C13H16N2O2/c1-9(16)10-3-5-11(6-4-10)14-12(17)15-13(2)7-8-13/h3-6H,7-8H2,1-2H3,(H2,14,15,17). The summed E-state index contributed by atoms with van der Waals surface area (Å²) in [4.78, 5) is 22.7. The number of Topliss-reactive ketones (excluding diaryl/α,β-unsaturated/α-hetero) is 1. The summed E-state index contributed by atoms with van der Waals surface area (Å²) in [6.45, 7) is 3.54. The maximum atomic E-state index is 11.6. The molecule has 90 valence electrons. The Kier molecular flexibility index (Phi) is 2.88. The zero-order chi connectivity index (χ0) is 12.5. The van der Waals surface area contributed by atoms with Crippen LogP contribution in [0.5, 0.6) is 0 Å². The number of carbonyl (C=O) groups excluding carboxylic acids is 2. The zero-order valence-corrected chi connectivity index (χ0v) is 10.0. The number of urea groups is 1. The average molecular weight is 232 g/mol. The van der Waals surface area contributed by atoms with Gasteiger partial charge in [0.1, 0.15) is 0 Å². The minimum Gasteiger partial charge on any atom is -0.333 e. The maximum Gasteiger partial charge on any atom is 0.319 e. The van der Waals surface area contributed by atoms with Gasteiger partial charge in [-0.2, -0.15) is 0 Å². The quantitative estimate of drug-likeness (QED) is 0.787. The Bertz CT molecular complexity index is 447. The Labute approximate surface area is 100 Å². The van der Waals surface area contributed by atoms with Crippen molar-refractivity contribution in [3.8, 4) is 0 Å². The van der Waals surface area contributed by atoms with Gasteiger partial charge in [-0.15, -0.1) is 0 Å². The molecule has 0 bridgehead atoms. The van der Waals surface area contributed by atoms with Crippen LogP contribution in [0.3, 0.4) is 0 Å². The second-order valence-electron chi connectivity index (χ2n) is 4.77. The van der Waals surface area contributed by atoms with E-state index in [0.717, 1.165) is 12.8 Å². The molecule has 1 aromatic carbocycles. The van der Waals surface area contributed by atoms with Gasteiger partial charge >= 0.3 is 6.03 Å². The smallest absolute Gasteiger partial charge is 0.319 e. The van der Waals surface area contributed by atoms with Crippen LogP contribution in [-0.4, -0.2) is 17.4 Å². The van der Waals surface area contributed by atoms with Gasteiger partial charge < -0.3 is 10.6 Å². The van der Waals surface area contributed by atoms with E-state index in [1.807, 2.05) is 6.92 Å². The van der Waals surface area contributed by atoms with E-state index in [0.29, 0.717) is 11.3 Å². The summed E-state index contributed by atoms with van der Waals surface area (Å²) >= 11 is 0. The fourth-order valence-electron chi connectivity index (χ4n) is 1.54. The van der Waals surface area contributed by atoms with Gasteiger partial charge in [0.05, 0.1) is 0 Å². The molecule has 1 fully saturated rings. The third-order valence-corrected chi connectivity index (χ3v) is 2.96. The number of amides is 2. The van der Waals surface area contributed by atoms with Crippen LogP contribution >= 0.6 is 0 Å². The van der Waals surface area contributed by atoms with Crippen molar-refractivity contribution in [1.29, 1.82) is 0 Å². The highest BCUT2D eigenvalue weighted by atomic mass is 16.2. The number of ketones is 1. The van der Waals surface area contributed by atoms with E-state index < -0.39 is 0 Å². The number of carbonyl (C=O) groups is 2. The van der Waals surface area contributed by atoms with E-state index in [-0.39, 0.29) is 17.4 Å². The van der Waals surface area contributed by atoms with Crippen molar-refractivity contribution in [1.82, 2.24) is 5.32 Å². The van der Waals surface area contributed by atoms with Crippen LogP contribution in [0.1, 0.15) is 37.0 Å². The summed E-state index contributed by atoms with van der Waals surface area (Å²) in [5.41, 5.74) is 1.31. The molecule has 2 amide bonds. The molecule has 4 heteroatoms. The average Bonchev–Trinajstić information content (AvgIpc) is 2.96. The van der Waals surface area contributed by atoms with Crippen molar-refractivity contribution in [3.63, 3.8) is 0 Å². The third-order valence-electron chi connectivity index (χ3n) is 2.96. The van der Waals surface area contributed by atoms with Gasteiger partial charge in [0, 0.05) is 16.8 Å². The number of hydrogen-bond donors (Lipinski definition) is 2. The number of hydrogen-bond acceptors (Lipinski definition) is 2. The summed E-state index contributed by atoms with van der Waals surface area (Å²) in [7, 11) is 0. The van der Waals surface area contributed by atoms with Crippen molar-refractivity contribution < 1.29 is 9.59 Å². The fourth-order valence-corrected chi connectivity index (χ4v) is 1.54. The van der Waals surface area contributed by atoms with Gasteiger partial charge in [-0.3, -0.25) is 4.79 Å². The topological polar surface area (TPSA) is 58.2 Å².